The number of nitrogens with one attached hydrogen (secondary N) is 1. The van der Waals surface area contributed by atoms with Crippen molar-refractivity contribution in [1.29, 1.82) is 0 Å². The maximum absolute atomic E-state index is 11.7. The minimum absolute atomic E-state index is 0.337. The molecule has 14 heavy (non-hydrogen) atoms. The van der Waals surface area contributed by atoms with Gasteiger partial charge >= 0.3 is 0 Å². The second-order valence-corrected chi connectivity index (χ2v) is 4.13. The Hall–Kier alpha value is -1.43. The first kappa shape index (κ1) is 9.14. The van der Waals surface area contributed by atoms with Gasteiger partial charge in [-0.15, -0.1) is 0 Å². The Morgan fingerprint density at radius 1 is 1.71 bits per heavy atom. The van der Waals surface area contributed by atoms with Gasteiger partial charge in [0.2, 0.25) is 5.17 Å². The number of rotatable bonds is 1. The number of carbonyl (C=O) groups is 1. The molecule has 0 aromatic heterocycles. The van der Waals surface area contributed by atoms with Gasteiger partial charge in [0.1, 0.15) is 21.5 Å². The van der Waals surface area contributed by atoms with Gasteiger partial charge < -0.3 is 0 Å². The van der Waals surface area contributed by atoms with Crippen LogP contribution in [0.4, 0.5) is 0 Å². The fourth-order valence-electron chi connectivity index (χ4n) is 1.23. The van der Waals surface area contributed by atoms with E-state index in [0.717, 1.165) is 0 Å². The van der Waals surface area contributed by atoms with Crippen LogP contribution in [0.5, 0.6) is 0 Å². The highest BCUT2D eigenvalue weighted by atomic mass is 32.2. The summed E-state index contributed by atoms with van der Waals surface area (Å²) in [5.74, 6) is 0. The van der Waals surface area contributed by atoms with E-state index in [0.29, 0.717) is 28.7 Å². The molecule has 0 bridgehead atoms. The van der Waals surface area contributed by atoms with E-state index >= 15 is 0 Å². The van der Waals surface area contributed by atoms with E-state index in [1.54, 1.807) is 24.1 Å². The van der Waals surface area contributed by atoms with Gasteiger partial charge in [-0.3, -0.25) is 15.2 Å². The van der Waals surface area contributed by atoms with Crippen molar-refractivity contribution in [3.8, 4) is 0 Å². The standard InChI is InChI=1S/C8H9N3O2S/c1-2-7-10-11-4-3-6(5-12)9-8(11)14(7)13/h2-3,5,10H,4H2,1H3. The smallest absolute Gasteiger partial charge is 0.221 e. The van der Waals surface area contributed by atoms with Crippen LogP contribution in [0.3, 0.4) is 0 Å². The molecule has 0 aliphatic carbocycles. The zero-order chi connectivity index (χ0) is 10.1. The van der Waals surface area contributed by atoms with Crippen molar-refractivity contribution in [1.82, 2.24) is 10.4 Å². The quantitative estimate of drug-likeness (QED) is 0.614. The Morgan fingerprint density at radius 2 is 2.50 bits per heavy atom. The van der Waals surface area contributed by atoms with E-state index in [2.05, 4.69) is 10.4 Å². The van der Waals surface area contributed by atoms with E-state index in [-0.39, 0.29) is 0 Å². The van der Waals surface area contributed by atoms with E-state index in [1.807, 2.05) is 0 Å². The number of hydrogen-bond donors (Lipinski definition) is 1. The van der Waals surface area contributed by atoms with Gasteiger partial charge in [-0.25, -0.2) is 9.20 Å². The molecular weight excluding hydrogens is 202 g/mol. The van der Waals surface area contributed by atoms with Crippen LogP contribution in [0.1, 0.15) is 6.92 Å². The number of aliphatic imine (C=N–C) groups is 1. The Labute approximate surface area is 83.6 Å². The summed E-state index contributed by atoms with van der Waals surface area (Å²) in [6.45, 7) is 2.31. The summed E-state index contributed by atoms with van der Waals surface area (Å²) in [4.78, 5) is 14.5. The molecule has 1 fully saturated rings. The lowest BCUT2D eigenvalue weighted by atomic mass is 10.4. The summed E-state index contributed by atoms with van der Waals surface area (Å²) in [5, 5.41) is 2.69. The molecule has 2 rings (SSSR count). The molecule has 0 spiro atoms. The zero-order valence-corrected chi connectivity index (χ0v) is 8.37. The molecule has 0 saturated carbocycles. The van der Waals surface area contributed by atoms with Crippen molar-refractivity contribution in [2.24, 2.45) is 4.99 Å². The van der Waals surface area contributed by atoms with Crippen LogP contribution in [0.25, 0.3) is 0 Å². The number of amidine groups is 1. The fraction of sp³-hybridized carbons (Fsp3) is 0.250. The van der Waals surface area contributed by atoms with Crippen LogP contribution in [-0.4, -0.2) is 27.2 Å². The number of hydrogen-bond acceptors (Lipinski definition) is 5. The monoisotopic (exact) mass is 211 g/mol. The largest absolute Gasteiger partial charge is 0.296 e. The van der Waals surface area contributed by atoms with Gasteiger partial charge in [-0.2, -0.15) is 0 Å². The highest BCUT2D eigenvalue weighted by molar-refractivity contribution is 8.04. The van der Waals surface area contributed by atoms with Crippen LogP contribution in [-0.2, 0) is 15.6 Å². The summed E-state index contributed by atoms with van der Waals surface area (Å²) in [6, 6.07) is 0. The maximum atomic E-state index is 11.7. The number of nitrogens with zero attached hydrogens (tertiary/aromatic N) is 2. The summed E-state index contributed by atoms with van der Waals surface area (Å²) in [5.41, 5.74) is 3.28. The number of fused-ring (bicyclic) bond motifs is 1. The third-order valence-electron chi connectivity index (χ3n) is 1.93. The molecule has 1 unspecified atom stereocenters. The van der Waals surface area contributed by atoms with Gasteiger partial charge in [-0.05, 0) is 13.0 Å². The minimum atomic E-state index is -1.27. The summed E-state index contributed by atoms with van der Waals surface area (Å²) >= 11 is 0. The highest BCUT2D eigenvalue weighted by Gasteiger charge is 2.31. The number of aldehydes is 1. The summed E-state index contributed by atoms with van der Waals surface area (Å²) in [7, 11) is -1.27. The average molecular weight is 211 g/mol. The van der Waals surface area contributed by atoms with Gasteiger partial charge in [0, 0.05) is 0 Å². The van der Waals surface area contributed by atoms with Crippen molar-refractivity contribution in [3.05, 3.63) is 22.9 Å². The fourth-order valence-corrected chi connectivity index (χ4v) is 2.35. The molecule has 1 saturated heterocycles. The molecule has 5 nitrogen and oxygen atoms in total. The molecule has 1 atom stereocenters. The molecule has 2 aliphatic heterocycles. The lowest BCUT2D eigenvalue weighted by molar-refractivity contribution is -0.105. The van der Waals surface area contributed by atoms with Crippen LogP contribution in [0, 0.1) is 0 Å². The first-order chi connectivity index (χ1) is 6.76. The summed E-state index contributed by atoms with van der Waals surface area (Å²) in [6.07, 6.45) is 4.08. The van der Waals surface area contributed by atoms with Crippen molar-refractivity contribution >= 4 is 22.3 Å². The van der Waals surface area contributed by atoms with Gasteiger partial charge in [0.05, 0.1) is 6.54 Å². The molecule has 0 amide bonds. The number of carbonyl (C=O) groups excluding carboxylic acids is 1. The third kappa shape index (κ3) is 1.27. The Bertz CT molecular complexity index is 397. The predicted molar refractivity (Wildman–Crippen MR) is 53.3 cm³/mol. The lowest BCUT2D eigenvalue weighted by Crippen LogP contribution is -2.36. The van der Waals surface area contributed by atoms with Gasteiger partial charge in [-0.1, -0.05) is 6.08 Å². The lowest BCUT2D eigenvalue weighted by Gasteiger charge is -2.18. The van der Waals surface area contributed by atoms with E-state index in [1.165, 1.54) is 0 Å². The Balaban J connectivity index is 2.37. The van der Waals surface area contributed by atoms with Crippen molar-refractivity contribution in [2.45, 2.75) is 6.92 Å². The minimum Gasteiger partial charge on any atom is -0.296 e. The second kappa shape index (κ2) is 3.38. The SMILES string of the molecule is CC=C1NN2CC=C(C=O)N=C2S1=O. The Kier molecular flexibility index (Phi) is 2.20. The van der Waals surface area contributed by atoms with Crippen LogP contribution in [0.2, 0.25) is 0 Å². The van der Waals surface area contributed by atoms with E-state index in [4.69, 9.17) is 0 Å². The Morgan fingerprint density at radius 3 is 3.14 bits per heavy atom. The molecule has 1 N–H and O–H groups in total. The van der Waals surface area contributed by atoms with Crippen LogP contribution < -0.4 is 5.43 Å². The van der Waals surface area contributed by atoms with Gasteiger partial charge in [0.25, 0.3) is 0 Å². The molecule has 0 radical (unpaired) electrons. The second-order valence-electron chi connectivity index (χ2n) is 2.79. The highest BCUT2D eigenvalue weighted by Crippen LogP contribution is 2.18. The van der Waals surface area contributed by atoms with Crippen molar-refractivity contribution in [2.75, 3.05) is 6.54 Å². The molecule has 6 heteroatoms. The normalized spacial score (nSPS) is 27.9. The first-order valence-electron chi connectivity index (χ1n) is 4.12. The number of allylic oxidation sites excluding steroid dienone is 2. The van der Waals surface area contributed by atoms with Gasteiger partial charge in [0.15, 0.2) is 6.29 Å². The molecule has 74 valence electrons. The first-order valence-corrected chi connectivity index (χ1v) is 5.27. The third-order valence-corrected chi connectivity index (χ3v) is 3.30. The van der Waals surface area contributed by atoms with Crippen molar-refractivity contribution < 1.29 is 9.00 Å². The molecule has 2 heterocycles. The summed E-state index contributed by atoms with van der Waals surface area (Å²) < 4.78 is 11.7. The van der Waals surface area contributed by atoms with E-state index in [9.17, 15) is 9.00 Å². The molecule has 0 aromatic carbocycles. The molecule has 2 aliphatic rings. The predicted octanol–water partition coefficient (Wildman–Crippen LogP) is -0.131. The maximum Gasteiger partial charge on any atom is 0.221 e. The zero-order valence-electron chi connectivity index (χ0n) is 7.56. The van der Waals surface area contributed by atoms with Crippen molar-refractivity contribution in [3.63, 3.8) is 0 Å². The molecule has 0 aromatic rings. The topological polar surface area (TPSA) is 61.8 Å². The average Bonchev–Trinajstić information content (AvgIpc) is 2.55. The van der Waals surface area contributed by atoms with E-state index < -0.39 is 10.8 Å². The van der Waals surface area contributed by atoms with Crippen LogP contribution >= 0.6 is 0 Å². The molecular formula is C8H9N3O2S. The number of hydrazine groups is 1. The van der Waals surface area contributed by atoms with Crippen LogP contribution in [0.15, 0.2) is 27.9 Å².